The maximum atomic E-state index is 9.90. The molecule has 1 aromatic rings. The normalized spacial score (nSPS) is 24.6. The fourth-order valence-corrected chi connectivity index (χ4v) is 3.88. The van der Waals surface area contributed by atoms with Crippen molar-refractivity contribution in [3.63, 3.8) is 0 Å². The highest BCUT2D eigenvalue weighted by atomic mass is 16.3. The molecule has 1 atom stereocenters. The van der Waals surface area contributed by atoms with E-state index in [0.717, 1.165) is 37.8 Å². The molecule has 0 bridgehead atoms. The zero-order valence-electron chi connectivity index (χ0n) is 12.1. The summed E-state index contributed by atoms with van der Waals surface area (Å²) in [5.74, 6) is 0.432. The Labute approximate surface area is 121 Å². The highest BCUT2D eigenvalue weighted by Crippen LogP contribution is 2.39. The zero-order valence-corrected chi connectivity index (χ0v) is 12.1. The van der Waals surface area contributed by atoms with E-state index < -0.39 is 0 Å². The van der Waals surface area contributed by atoms with E-state index in [0.29, 0.717) is 18.4 Å². The van der Waals surface area contributed by atoms with Gasteiger partial charge in [0.1, 0.15) is 5.75 Å². The molecule has 3 N–H and O–H groups in total. The molecule has 110 valence electrons. The lowest BCUT2D eigenvalue weighted by molar-refractivity contribution is 0.0783. The summed E-state index contributed by atoms with van der Waals surface area (Å²) in [6.45, 7) is 1.18. The summed E-state index contributed by atoms with van der Waals surface area (Å²) in [4.78, 5) is 0. The number of aliphatic hydroxyl groups excluding tert-OH is 1. The molecular formula is C17H25NO2. The van der Waals surface area contributed by atoms with Crippen molar-refractivity contribution in [1.82, 2.24) is 5.32 Å². The van der Waals surface area contributed by atoms with Crippen molar-refractivity contribution < 1.29 is 10.2 Å². The summed E-state index contributed by atoms with van der Waals surface area (Å²) in [5, 5.41) is 23.3. The van der Waals surface area contributed by atoms with Crippen molar-refractivity contribution in [3.05, 3.63) is 29.3 Å². The van der Waals surface area contributed by atoms with Crippen LogP contribution in [0.1, 0.15) is 55.7 Å². The van der Waals surface area contributed by atoms with Crippen molar-refractivity contribution in [1.29, 1.82) is 0 Å². The van der Waals surface area contributed by atoms with Crippen LogP contribution in [0.25, 0.3) is 0 Å². The maximum absolute atomic E-state index is 9.90. The molecule has 2 aliphatic rings. The van der Waals surface area contributed by atoms with Crippen molar-refractivity contribution >= 4 is 0 Å². The third-order valence-electron chi connectivity index (χ3n) is 5.22. The Hall–Kier alpha value is -1.06. The molecule has 2 aliphatic carbocycles. The van der Waals surface area contributed by atoms with Crippen LogP contribution in [0.2, 0.25) is 0 Å². The van der Waals surface area contributed by atoms with Gasteiger partial charge in [-0.1, -0.05) is 31.4 Å². The molecule has 1 aromatic carbocycles. The van der Waals surface area contributed by atoms with E-state index in [1.54, 1.807) is 6.07 Å². The van der Waals surface area contributed by atoms with Gasteiger partial charge in [0.05, 0.1) is 0 Å². The van der Waals surface area contributed by atoms with Gasteiger partial charge in [0, 0.05) is 24.6 Å². The molecule has 0 amide bonds. The van der Waals surface area contributed by atoms with Gasteiger partial charge >= 0.3 is 0 Å². The summed E-state index contributed by atoms with van der Waals surface area (Å²) < 4.78 is 0. The highest BCUT2D eigenvalue weighted by molar-refractivity contribution is 5.44. The molecule has 0 saturated heterocycles. The lowest BCUT2D eigenvalue weighted by Crippen LogP contribution is -2.40. The molecule has 1 unspecified atom stereocenters. The van der Waals surface area contributed by atoms with Gasteiger partial charge in [-0.05, 0) is 42.9 Å². The molecule has 3 rings (SSSR count). The molecule has 0 radical (unpaired) electrons. The third-order valence-corrected chi connectivity index (χ3v) is 5.22. The SMILES string of the molecule is OCC1(CNC2CCc3c(O)cccc32)CCCCC1. The lowest BCUT2D eigenvalue weighted by Gasteiger charge is -2.36. The molecule has 0 aromatic heterocycles. The average molecular weight is 275 g/mol. The van der Waals surface area contributed by atoms with Crippen LogP contribution in [0.4, 0.5) is 0 Å². The van der Waals surface area contributed by atoms with Crippen LogP contribution in [0.5, 0.6) is 5.75 Å². The van der Waals surface area contributed by atoms with E-state index in [-0.39, 0.29) is 5.41 Å². The minimum absolute atomic E-state index is 0.0812. The second-order valence-electron chi connectivity index (χ2n) is 6.54. The van der Waals surface area contributed by atoms with Crippen LogP contribution < -0.4 is 5.32 Å². The number of rotatable bonds is 4. The molecule has 1 fully saturated rings. The largest absolute Gasteiger partial charge is 0.508 e. The number of phenolic OH excluding ortho intramolecular Hbond substituents is 1. The first-order valence-electron chi connectivity index (χ1n) is 7.89. The Kier molecular flexibility index (Phi) is 3.99. The summed E-state index contributed by atoms with van der Waals surface area (Å²) in [6.07, 6.45) is 8.06. The standard InChI is InChI=1S/C17H25NO2/c19-12-17(9-2-1-3-10-17)11-18-15-8-7-14-13(15)5-4-6-16(14)20/h4-6,15,18-20H,1-3,7-12H2. The van der Waals surface area contributed by atoms with Gasteiger partial charge < -0.3 is 15.5 Å². The van der Waals surface area contributed by atoms with Gasteiger partial charge in [0.25, 0.3) is 0 Å². The fraction of sp³-hybridized carbons (Fsp3) is 0.647. The molecule has 0 spiro atoms. The van der Waals surface area contributed by atoms with Crippen molar-refractivity contribution in [3.8, 4) is 5.75 Å². The Bertz CT molecular complexity index is 466. The van der Waals surface area contributed by atoms with E-state index in [1.165, 1.54) is 24.8 Å². The molecule has 3 nitrogen and oxygen atoms in total. The van der Waals surface area contributed by atoms with Gasteiger partial charge in [0.2, 0.25) is 0 Å². The van der Waals surface area contributed by atoms with Crippen LogP contribution in [0, 0.1) is 5.41 Å². The van der Waals surface area contributed by atoms with Gasteiger partial charge in [-0.25, -0.2) is 0 Å². The van der Waals surface area contributed by atoms with Crippen LogP contribution >= 0.6 is 0 Å². The van der Waals surface area contributed by atoms with Gasteiger partial charge in [-0.2, -0.15) is 0 Å². The number of hydrogen-bond donors (Lipinski definition) is 3. The first-order chi connectivity index (χ1) is 9.74. The topological polar surface area (TPSA) is 52.5 Å². The number of benzene rings is 1. The average Bonchev–Trinajstić information content (AvgIpc) is 2.91. The fourth-order valence-electron chi connectivity index (χ4n) is 3.88. The number of aliphatic hydroxyl groups is 1. The van der Waals surface area contributed by atoms with Gasteiger partial charge in [-0.3, -0.25) is 0 Å². The predicted octanol–water partition coefficient (Wildman–Crippen LogP) is 2.91. The molecule has 3 heteroatoms. The predicted molar refractivity (Wildman–Crippen MR) is 79.8 cm³/mol. The minimum atomic E-state index is 0.0812. The van der Waals surface area contributed by atoms with E-state index in [9.17, 15) is 10.2 Å². The number of nitrogens with one attached hydrogen (secondary N) is 1. The van der Waals surface area contributed by atoms with Crippen LogP contribution in [0.15, 0.2) is 18.2 Å². The third kappa shape index (κ3) is 2.57. The maximum Gasteiger partial charge on any atom is 0.119 e. The summed E-state index contributed by atoms with van der Waals surface area (Å²) in [6, 6.07) is 6.16. The smallest absolute Gasteiger partial charge is 0.119 e. The second kappa shape index (κ2) is 5.74. The Morgan fingerprint density at radius 3 is 2.75 bits per heavy atom. The Balaban J connectivity index is 1.67. The van der Waals surface area contributed by atoms with Crippen molar-refractivity contribution in [2.24, 2.45) is 5.41 Å². The minimum Gasteiger partial charge on any atom is -0.508 e. The Morgan fingerprint density at radius 2 is 2.00 bits per heavy atom. The quantitative estimate of drug-likeness (QED) is 0.792. The number of aromatic hydroxyl groups is 1. The first-order valence-corrected chi connectivity index (χ1v) is 7.89. The molecule has 1 saturated carbocycles. The van der Waals surface area contributed by atoms with Crippen LogP contribution in [-0.4, -0.2) is 23.4 Å². The van der Waals surface area contributed by atoms with Gasteiger partial charge in [-0.15, -0.1) is 0 Å². The van der Waals surface area contributed by atoms with Gasteiger partial charge in [0.15, 0.2) is 0 Å². The number of phenols is 1. The summed E-state index contributed by atoms with van der Waals surface area (Å²) in [7, 11) is 0. The van der Waals surface area contributed by atoms with Crippen LogP contribution in [-0.2, 0) is 6.42 Å². The second-order valence-corrected chi connectivity index (χ2v) is 6.54. The number of fused-ring (bicyclic) bond motifs is 1. The monoisotopic (exact) mass is 275 g/mol. The molecule has 0 heterocycles. The van der Waals surface area contributed by atoms with E-state index in [4.69, 9.17) is 0 Å². The highest BCUT2D eigenvalue weighted by Gasteiger charge is 2.33. The Morgan fingerprint density at radius 1 is 1.20 bits per heavy atom. The first kappa shape index (κ1) is 13.9. The lowest BCUT2D eigenvalue weighted by atomic mass is 9.74. The molecular weight excluding hydrogens is 250 g/mol. The van der Waals surface area contributed by atoms with Crippen LogP contribution in [0.3, 0.4) is 0 Å². The van der Waals surface area contributed by atoms with Crippen molar-refractivity contribution in [2.45, 2.75) is 51.0 Å². The molecule has 20 heavy (non-hydrogen) atoms. The van der Waals surface area contributed by atoms with E-state index in [1.807, 2.05) is 6.07 Å². The zero-order chi connectivity index (χ0) is 14.0. The summed E-state index contributed by atoms with van der Waals surface area (Å²) in [5.41, 5.74) is 2.43. The van der Waals surface area contributed by atoms with E-state index in [2.05, 4.69) is 11.4 Å². The number of hydrogen-bond acceptors (Lipinski definition) is 3. The molecule has 0 aliphatic heterocycles. The van der Waals surface area contributed by atoms with Crippen molar-refractivity contribution in [2.75, 3.05) is 13.2 Å². The summed E-state index contributed by atoms with van der Waals surface area (Å²) >= 11 is 0. The van der Waals surface area contributed by atoms with E-state index >= 15 is 0 Å².